The number of fused-ring (bicyclic) bond motifs is 10. The maximum Gasteiger partial charge on any atom is 0.146 e. The number of hydrogen-bond donors (Lipinski definition) is 0. The van der Waals surface area contributed by atoms with Crippen molar-refractivity contribution in [2.45, 2.75) is 0 Å². The molecule has 0 fully saturated rings. The van der Waals surface area contributed by atoms with Gasteiger partial charge in [0.15, 0.2) is 0 Å². The van der Waals surface area contributed by atoms with Gasteiger partial charge >= 0.3 is 0 Å². The van der Waals surface area contributed by atoms with Crippen molar-refractivity contribution in [3.63, 3.8) is 0 Å². The van der Waals surface area contributed by atoms with E-state index in [1.165, 1.54) is 60.4 Å². The van der Waals surface area contributed by atoms with Gasteiger partial charge in [-0.15, -0.1) is 0 Å². The fraction of sp³-hybridized carbons (Fsp3) is 0. The maximum absolute atomic E-state index is 6.69. The van der Waals surface area contributed by atoms with E-state index in [1.54, 1.807) is 0 Å². The number of para-hydroxylation sites is 2. The molecule has 0 amide bonds. The van der Waals surface area contributed by atoms with Gasteiger partial charge in [0.25, 0.3) is 0 Å². The summed E-state index contributed by atoms with van der Waals surface area (Å²) in [5, 5.41) is 7.10. The highest BCUT2D eigenvalue weighted by Crippen LogP contribution is 2.45. The van der Waals surface area contributed by atoms with Crippen molar-refractivity contribution in [2.75, 3.05) is 0 Å². The summed E-state index contributed by atoms with van der Waals surface area (Å²) >= 11 is 0. The summed E-state index contributed by atoms with van der Waals surface area (Å²) < 4.78 is 9.11. The van der Waals surface area contributed by atoms with Crippen LogP contribution in [0.1, 0.15) is 0 Å². The highest BCUT2D eigenvalue weighted by molar-refractivity contribution is 6.35. The number of hydrogen-bond acceptors (Lipinski definition) is 1. The van der Waals surface area contributed by atoms with Gasteiger partial charge in [-0.3, -0.25) is 0 Å². The van der Waals surface area contributed by atoms with E-state index in [0.29, 0.717) is 0 Å². The fourth-order valence-electron chi connectivity index (χ4n) is 7.58. The van der Waals surface area contributed by atoms with E-state index in [4.69, 9.17) is 4.42 Å². The minimum absolute atomic E-state index is 0.916. The van der Waals surface area contributed by atoms with E-state index in [9.17, 15) is 0 Å². The summed E-state index contributed by atoms with van der Waals surface area (Å²) in [6.45, 7) is 0. The minimum atomic E-state index is 0.916. The van der Waals surface area contributed by atoms with Gasteiger partial charge in [0.05, 0.1) is 16.4 Å². The third-order valence-electron chi connectivity index (χ3n) is 9.75. The third-order valence-corrected chi connectivity index (χ3v) is 9.75. The van der Waals surface area contributed by atoms with Crippen molar-refractivity contribution in [3.05, 3.63) is 176 Å². The van der Waals surface area contributed by atoms with Gasteiger partial charge < -0.3 is 8.98 Å². The van der Waals surface area contributed by atoms with Gasteiger partial charge in [0.2, 0.25) is 0 Å². The molecule has 0 aliphatic rings. The van der Waals surface area contributed by atoms with Crippen LogP contribution in [0.3, 0.4) is 0 Å². The van der Waals surface area contributed by atoms with Gasteiger partial charge in [0.1, 0.15) is 11.2 Å². The van der Waals surface area contributed by atoms with Crippen molar-refractivity contribution in [3.8, 4) is 39.1 Å². The third kappa shape index (κ3) is 4.06. The molecule has 2 heteroatoms. The van der Waals surface area contributed by atoms with Crippen molar-refractivity contribution in [2.24, 2.45) is 0 Å². The Morgan fingerprint density at radius 1 is 0.354 bits per heavy atom. The van der Waals surface area contributed by atoms with Crippen molar-refractivity contribution >= 4 is 54.5 Å². The summed E-state index contributed by atoms with van der Waals surface area (Å²) in [5.41, 5.74) is 12.5. The zero-order valence-electron chi connectivity index (χ0n) is 26.1. The standard InChI is InChI=1S/C46H29NO/c1-3-13-30(14-4-1)33-27-34(31-15-5-2-6-16-31)29-35(28-33)32-23-25-36(26-24-32)47-41-21-11-9-19-39(41)44-45(47)38-18-8-7-17-37(38)43-40-20-10-12-22-42(40)48-46(43)44/h1-29H. The Balaban J connectivity index is 1.21. The molecular weight excluding hydrogens is 583 g/mol. The van der Waals surface area contributed by atoms with E-state index in [2.05, 4.69) is 174 Å². The topological polar surface area (TPSA) is 18.1 Å². The summed E-state index contributed by atoms with van der Waals surface area (Å²) in [6.07, 6.45) is 0. The average Bonchev–Trinajstić information content (AvgIpc) is 3.72. The molecule has 0 N–H and O–H groups in total. The number of furan rings is 1. The second kappa shape index (κ2) is 10.6. The molecule has 0 atom stereocenters. The molecule has 48 heavy (non-hydrogen) atoms. The first-order valence-corrected chi connectivity index (χ1v) is 16.4. The Labute approximate surface area is 277 Å². The van der Waals surface area contributed by atoms with Crippen LogP contribution >= 0.6 is 0 Å². The van der Waals surface area contributed by atoms with Crippen LogP contribution in [-0.2, 0) is 0 Å². The van der Waals surface area contributed by atoms with Gasteiger partial charge in [0, 0.05) is 27.2 Å². The van der Waals surface area contributed by atoms with Crippen LogP contribution in [0.5, 0.6) is 0 Å². The Morgan fingerprint density at radius 3 is 1.50 bits per heavy atom. The zero-order chi connectivity index (χ0) is 31.6. The van der Waals surface area contributed by atoms with Gasteiger partial charge in [-0.2, -0.15) is 0 Å². The molecule has 0 radical (unpaired) electrons. The Kier molecular flexibility index (Phi) is 5.91. The Bertz CT molecular complexity index is 2750. The molecule has 10 aromatic rings. The first-order chi connectivity index (χ1) is 23.8. The molecule has 2 nitrogen and oxygen atoms in total. The van der Waals surface area contributed by atoms with E-state index in [-0.39, 0.29) is 0 Å². The smallest absolute Gasteiger partial charge is 0.146 e. The molecule has 224 valence electrons. The molecule has 2 aromatic heterocycles. The SMILES string of the molecule is c1ccc(-c2cc(-c3ccccc3)cc(-c3ccc(-n4c5ccccc5c5c6oc7ccccc7c6c6ccccc6c54)cc3)c2)cc1. The van der Waals surface area contributed by atoms with Crippen molar-refractivity contribution < 1.29 is 4.42 Å². The van der Waals surface area contributed by atoms with E-state index in [0.717, 1.165) is 33.1 Å². The molecule has 0 unspecified atom stereocenters. The molecule has 0 bridgehead atoms. The van der Waals surface area contributed by atoms with Crippen molar-refractivity contribution in [1.29, 1.82) is 0 Å². The highest BCUT2D eigenvalue weighted by Gasteiger charge is 2.22. The molecule has 0 aliphatic heterocycles. The predicted molar refractivity (Wildman–Crippen MR) is 202 cm³/mol. The quantitative estimate of drug-likeness (QED) is 0.194. The van der Waals surface area contributed by atoms with Crippen LogP contribution in [0.25, 0.3) is 93.6 Å². The van der Waals surface area contributed by atoms with Gasteiger partial charge in [-0.25, -0.2) is 0 Å². The largest absolute Gasteiger partial charge is 0.455 e. The summed E-state index contributed by atoms with van der Waals surface area (Å²) in [5.74, 6) is 0. The monoisotopic (exact) mass is 611 g/mol. The minimum Gasteiger partial charge on any atom is -0.455 e. The molecule has 10 rings (SSSR count). The second-order valence-corrected chi connectivity index (χ2v) is 12.5. The molecular formula is C46H29NO. The van der Waals surface area contributed by atoms with Crippen molar-refractivity contribution in [1.82, 2.24) is 4.57 Å². The first-order valence-electron chi connectivity index (χ1n) is 16.4. The predicted octanol–water partition coefficient (Wildman–Crippen LogP) is 12.8. The number of aromatic nitrogens is 1. The normalized spacial score (nSPS) is 11.8. The molecule has 0 aliphatic carbocycles. The second-order valence-electron chi connectivity index (χ2n) is 12.5. The number of benzene rings is 8. The molecule has 0 saturated carbocycles. The maximum atomic E-state index is 6.69. The lowest BCUT2D eigenvalue weighted by Gasteiger charge is -2.13. The summed E-state index contributed by atoms with van der Waals surface area (Å²) in [6, 6.07) is 63.1. The first kappa shape index (κ1) is 26.8. The fourth-order valence-corrected chi connectivity index (χ4v) is 7.58. The number of rotatable bonds is 4. The van der Waals surface area contributed by atoms with Crippen LogP contribution in [0.15, 0.2) is 180 Å². The molecule has 0 saturated heterocycles. The Morgan fingerprint density at radius 2 is 0.854 bits per heavy atom. The summed E-state index contributed by atoms with van der Waals surface area (Å²) in [7, 11) is 0. The summed E-state index contributed by atoms with van der Waals surface area (Å²) in [4.78, 5) is 0. The zero-order valence-corrected chi connectivity index (χ0v) is 26.1. The lowest BCUT2D eigenvalue weighted by Crippen LogP contribution is -1.95. The average molecular weight is 612 g/mol. The van der Waals surface area contributed by atoms with E-state index >= 15 is 0 Å². The van der Waals surface area contributed by atoms with Crippen LogP contribution in [0, 0.1) is 0 Å². The number of nitrogens with zero attached hydrogens (tertiary/aromatic N) is 1. The van der Waals surface area contributed by atoms with Gasteiger partial charge in [-0.05, 0) is 81.2 Å². The lowest BCUT2D eigenvalue weighted by atomic mass is 9.93. The molecule has 8 aromatic carbocycles. The van der Waals surface area contributed by atoms with Crippen LogP contribution in [0.2, 0.25) is 0 Å². The van der Waals surface area contributed by atoms with Crippen LogP contribution in [-0.4, -0.2) is 4.57 Å². The van der Waals surface area contributed by atoms with Crippen LogP contribution < -0.4 is 0 Å². The lowest BCUT2D eigenvalue weighted by molar-refractivity contribution is 0.673. The molecule has 2 heterocycles. The highest BCUT2D eigenvalue weighted by atomic mass is 16.3. The van der Waals surface area contributed by atoms with Crippen LogP contribution in [0.4, 0.5) is 0 Å². The Hall–Kier alpha value is -6.38. The van der Waals surface area contributed by atoms with E-state index < -0.39 is 0 Å². The molecule has 0 spiro atoms. The van der Waals surface area contributed by atoms with Gasteiger partial charge in [-0.1, -0.05) is 133 Å². The van der Waals surface area contributed by atoms with E-state index in [1.807, 2.05) is 6.07 Å².